The second-order valence-electron chi connectivity index (χ2n) is 5.13. The minimum atomic E-state index is -0.818. The lowest BCUT2D eigenvalue weighted by molar-refractivity contribution is 0.135. The summed E-state index contributed by atoms with van der Waals surface area (Å²) in [6.07, 6.45) is 0. The van der Waals surface area contributed by atoms with E-state index in [-0.39, 0.29) is 15.8 Å². The molecule has 102 valence electrons. The summed E-state index contributed by atoms with van der Waals surface area (Å²) in [6.45, 7) is 5.03. The molecule has 0 atom stereocenters. The number of phenols is 2. The zero-order valence-corrected chi connectivity index (χ0v) is 11.3. The molecule has 6 nitrogen and oxygen atoms in total. The fraction of sp³-hybridized carbons (Fsp3) is 0.333. The summed E-state index contributed by atoms with van der Waals surface area (Å²) in [7, 11) is 0. The maximum absolute atomic E-state index is 12.3. The van der Waals surface area contributed by atoms with Gasteiger partial charge in [-0.15, -0.1) is 0 Å². The van der Waals surface area contributed by atoms with Gasteiger partial charge in [-0.3, -0.25) is 4.79 Å². The Kier molecular flexibility index (Phi) is 2.86. The number of aromatic nitrogens is 1. The summed E-state index contributed by atoms with van der Waals surface area (Å²) in [5.74, 6) is -1.23. The van der Waals surface area contributed by atoms with Crippen LogP contribution in [-0.4, -0.2) is 15.0 Å². The Morgan fingerprint density at radius 2 is 1.84 bits per heavy atom. The highest BCUT2D eigenvalue weighted by Crippen LogP contribution is 2.37. The summed E-state index contributed by atoms with van der Waals surface area (Å²) in [5, 5.41) is 18.2. The highest BCUT2D eigenvalue weighted by atomic mass is 35.5. The van der Waals surface area contributed by atoms with Crippen LogP contribution in [0.3, 0.4) is 0 Å². The van der Waals surface area contributed by atoms with Crippen molar-refractivity contribution >= 4 is 22.4 Å². The van der Waals surface area contributed by atoms with Gasteiger partial charge in [0.15, 0.2) is 11.5 Å². The van der Waals surface area contributed by atoms with Crippen molar-refractivity contribution in [2.45, 2.75) is 26.3 Å². The van der Waals surface area contributed by atoms with Crippen molar-refractivity contribution in [3.05, 3.63) is 31.9 Å². The van der Waals surface area contributed by atoms with Crippen LogP contribution in [0.25, 0.3) is 10.8 Å². The van der Waals surface area contributed by atoms with Gasteiger partial charge in [0.2, 0.25) is 0 Å². The Morgan fingerprint density at radius 1 is 1.26 bits per heavy atom. The highest BCUT2D eigenvalue weighted by Gasteiger charge is 2.24. The zero-order valence-electron chi connectivity index (χ0n) is 10.5. The van der Waals surface area contributed by atoms with Crippen LogP contribution in [0.2, 0.25) is 5.02 Å². The molecular weight excluding hydrogens is 274 g/mol. The van der Waals surface area contributed by atoms with E-state index in [2.05, 4.69) is 0 Å². The molecule has 0 saturated heterocycles. The van der Waals surface area contributed by atoms with Crippen molar-refractivity contribution in [1.29, 1.82) is 0 Å². The average molecular weight is 286 g/mol. The minimum absolute atomic E-state index is 0.175. The number of phenolic OH excluding ortho intramolecular Hbond substituents is 2. The minimum Gasteiger partial charge on any atom is -0.504 e. The van der Waals surface area contributed by atoms with E-state index in [9.17, 15) is 19.8 Å². The topological polar surface area (TPSA) is 92.7 Å². The highest BCUT2D eigenvalue weighted by molar-refractivity contribution is 6.37. The molecule has 0 amide bonds. The van der Waals surface area contributed by atoms with Gasteiger partial charge >= 0.3 is 5.63 Å². The largest absolute Gasteiger partial charge is 0.504 e. The first-order chi connectivity index (χ1) is 8.64. The zero-order chi connectivity index (χ0) is 14.5. The number of hydrogen-bond donors (Lipinski definition) is 2. The maximum Gasteiger partial charge on any atom is 0.364 e. The third kappa shape index (κ3) is 1.98. The molecule has 2 N–H and O–H groups in total. The molecule has 0 spiro atoms. The van der Waals surface area contributed by atoms with E-state index in [0.717, 1.165) is 10.8 Å². The van der Waals surface area contributed by atoms with Crippen molar-refractivity contribution in [2.75, 3.05) is 0 Å². The van der Waals surface area contributed by atoms with Crippen LogP contribution in [0.1, 0.15) is 20.8 Å². The summed E-state index contributed by atoms with van der Waals surface area (Å²) in [5.41, 5.74) is -2.23. The predicted molar refractivity (Wildman–Crippen MR) is 70.1 cm³/mol. The first kappa shape index (κ1) is 13.5. The second-order valence-corrected chi connectivity index (χ2v) is 5.51. The van der Waals surface area contributed by atoms with E-state index in [1.165, 1.54) is 0 Å². The van der Waals surface area contributed by atoms with Crippen molar-refractivity contribution < 1.29 is 14.7 Å². The fourth-order valence-corrected chi connectivity index (χ4v) is 1.99. The molecule has 0 aliphatic heterocycles. The SMILES string of the molecule is CC(C)(C)n1oc(=O)c2cc(O)c(O)c(Cl)c2c1=O. The Balaban J connectivity index is 3.11. The van der Waals surface area contributed by atoms with Gasteiger partial charge in [-0.25, -0.2) is 4.79 Å². The summed E-state index contributed by atoms with van der Waals surface area (Å²) < 4.78 is 5.82. The van der Waals surface area contributed by atoms with Crippen LogP contribution < -0.4 is 11.2 Å². The maximum atomic E-state index is 12.3. The van der Waals surface area contributed by atoms with Crippen LogP contribution in [0.4, 0.5) is 0 Å². The van der Waals surface area contributed by atoms with Crippen LogP contribution in [0, 0.1) is 0 Å². The first-order valence-electron chi connectivity index (χ1n) is 5.46. The van der Waals surface area contributed by atoms with Crippen LogP contribution >= 0.6 is 11.6 Å². The number of rotatable bonds is 0. The Labute approximate surface area is 112 Å². The lowest BCUT2D eigenvalue weighted by Gasteiger charge is -2.19. The first-order valence-corrected chi connectivity index (χ1v) is 5.83. The van der Waals surface area contributed by atoms with Crippen LogP contribution in [0.5, 0.6) is 11.5 Å². The molecule has 0 bridgehead atoms. The molecule has 1 aromatic carbocycles. The van der Waals surface area contributed by atoms with E-state index in [4.69, 9.17) is 16.1 Å². The normalized spacial score (nSPS) is 12.0. The molecule has 2 aromatic rings. The predicted octanol–water partition coefficient (Wildman–Crippen LogP) is 1.77. The summed E-state index contributed by atoms with van der Waals surface area (Å²) >= 11 is 5.83. The second kappa shape index (κ2) is 4.03. The quantitative estimate of drug-likeness (QED) is 0.720. The molecule has 2 rings (SSSR count). The van der Waals surface area contributed by atoms with E-state index in [1.54, 1.807) is 20.8 Å². The van der Waals surface area contributed by atoms with Gasteiger partial charge in [-0.1, -0.05) is 11.6 Å². The van der Waals surface area contributed by atoms with E-state index < -0.39 is 28.2 Å². The Bertz CT molecular complexity index is 782. The van der Waals surface area contributed by atoms with Gasteiger partial charge < -0.3 is 14.7 Å². The number of fused-ring (bicyclic) bond motifs is 1. The molecule has 0 fully saturated rings. The average Bonchev–Trinajstić information content (AvgIpc) is 2.28. The fourth-order valence-electron chi connectivity index (χ4n) is 1.71. The van der Waals surface area contributed by atoms with Crippen molar-refractivity contribution in [3.8, 4) is 11.5 Å². The molecule has 0 radical (unpaired) electrons. The summed E-state index contributed by atoms with van der Waals surface area (Å²) in [4.78, 5) is 24.1. The standard InChI is InChI=1S/C12H12ClNO5/c1-12(2,3)14-10(17)7-5(11(18)19-14)4-6(15)9(16)8(7)13/h4,15-16H,1-3H3. The van der Waals surface area contributed by atoms with E-state index in [0.29, 0.717) is 0 Å². The number of benzene rings is 1. The molecular formula is C12H12ClNO5. The third-order valence-corrected chi connectivity index (χ3v) is 2.99. The summed E-state index contributed by atoms with van der Waals surface area (Å²) in [6, 6.07) is 0.955. The molecule has 19 heavy (non-hydrogen) atoms. The van der Waals surface area contributed by atoms with Gasteiger partial charge in [0.25, 0.3) is 5.56 Å². The van der Waals surface area contributed by atoms with Crippen LogP contribution in [0.15, 0.2) is 20.2 Å². The van der Waals surface area contributed by atoms with Gasteiger partial charge in [-0.2, -0.15) is 4.74 Å². The van der Waals surface area contributed by atoms with Gasteiger partial charge in [-0.05, 0) is 26.8 Å². The smallest absolute Gasteiger partial charge is 0.364 e. The van der Waals surface area contributed by atoms with E-state index >= 15 is 0 Å². The number of nitrogens with zero attached hydrogens (tertiary/aromatic N) is 1. The Morgan fingerprint density at radius 3 is 2.37 bits per heavy atom. The van der Waals surface area contributed by atoms with E-state index in [1.807, 2.05) is 0 Å². The van der Waals surface area contributed by atoms with Gasteiger partial charge in [0, 0.05) is 0 Å². The number of halogens is 1. The van der Waals surface area contributed by atoms with Crippen molar-refractivity contribution in [2.24, 2.45) is 0 Å². The monoisotopic (exact) mass is 285 g/mol. The molecule has 0 unspecified atom stereocenters. The molecule has 1 heterocycles. The van der Waals surface area contributed by atoms with Crippen molar-refractivity contribution in [3.63, 3.8) is 0 Å². The third-order valence-electron chi connectivity index (χ3n) is 2.62. The lowest BCUT2D eigenvalue weighted by atomic mass is 10.1. The van der Waals surface area contributed by atoms with Crippen LogP contribution in [-0.2, 0) is 5.54 Å². The molecule has 0 saturated carbocycles. The molecule has 0 aliphatic rings. The molecule has 0 aliphatic carbocycles. The number of hydrogen-bond acceptors (Lipinski definition) is 5. The molecule has 1 aromatic heterocycles. The Hall–Kier alpha value is -1.95. The molecule has 7 heteroatoms. The van der Waals surface area contributed by atoms with Gasteiger partial charge in [0.05, 0.1) is 21.3 Å². The lowest BCUT2D eigenvalue weighted by Crippen LogP contribution is -2.36. The van der Waals surface area contributed by atoms with Gasteiger partial charge in [0.1, 0.15) is 0 Å². The van der Waals surface area contributed by atoms with Crippen molar-refractivity contribution in [1.82, 2.24) is 4.74 Å². The number of aromatic hydroxyl groups is 2.